The molecule has 0 aromatic heterocycles. The molecule has 2 aromatic rings. The highest BCUT2D eigenvalue weighted by atomic mass is 28.4. The number of hydrogen-bond donors (Lipinski definition) is 0. The van der Waals surface area contributed by atoms with Crippen LogP contribution in [0.3, 0.4) is 0 Å². The van der Waals surface area contributed by atoms with Gasteiger partial charge in [0, 0.05) is 0 Å². The van der Waals surface area contributed by atoms with Crippen LogP contribution in [0.15, 0.2) is 60.7 Å². The molecule has 0 fully saturated rings. The molecule has 0 saturated heterocycles. The molecule has 0 saturated carbocycles. The standard InChI is InChI=1S/C17H21OSi/c1-2-3-10-15-19(18,16-11-6-4-7-12-16)17-13-8-5-9-14-17/h4-9,11-14H,2-3,10,15H2,1H3. The van der Waals surface area contributed by atoms with Crippen molar-refractivity contribution >= 4 is 18.7 Å². The Bertz CT molecular complexity index is 442. The van der Waals surface area contributed by atoms with Crippen LogP contribution in [-0.2, 0) is 4.80 Å². The first-order valence-corrected chi connectivity index (χ1v) is 9.20. The predicted octanol–water partition coefficient (Wildman–Crippen LogP) is 3.37. The van der Waals surface area contributed by atoms with Crippen LogP contribution >= 0.6 is 0 Å². The van der Waals surface area contributed by atoms with Crippen molar-refractivity contribution in [2.75, 3.05) is 0 Å². The van der Waals surface area contributed by atoms with Gasteiger partial charge < -0.3 is 0 Å². The highest BCUT2D eigenvalue weighted by Gasteiger charge is 2.37. The summed E-state index contributed by atoms with van der Waals surface area (Å²) < 4.78 is 0. The highest BCUT2D eigenvalue weighted by Crippen LogP contribution is 2.14. The second kappa shape index (κ2) is 6.69. The zero-order chi connectivity index (χ0) is 13.6. The molecule has 1 radical (unpaired) electrons. The quantitative estimate of drug-likeness (QED) is 0.566. The largest absolute Gasteiger partial charge is 0.298 e. The summed E-state index contributed by atoms with van der Waals surface area (Å²) in [5, 5.41) is 2.02. The van der Waals surface area contributed by atoms with Crippen LogP contribution in [0.2, 0.25) is 6.04 Å². The van der Waals surface area contributed by atoms with E-state index < -0.39 is 8.32 Å². The van der Waals surface area contributed by atoms with Crippen molar-refractivity contribution in [2.24, 2.45) is 0 Å². The minimum Gasteiger partial charge on any atom is -0.285 e. The molecule has 0 aliphatic heterocycles. The lowest BCUT2D eigenvalue weighted by atomic mass is 10.3. The molecule has 0 heterocycles. The van der Waals surface area contributed by atoms with Gasteiger partial charge >= 0.3 is 0 Å². The van der Waals surface area contributed by atoms with Crippen molar-refractivity contribution in [1.82, 2.24) is 0 Å². The van der Waals surface area contributed by atoms with Gasteiger partial charge in [-0.3, -0.25) is 4.80 Å². The average Bonchev–Trinajstić information content (AvgIpc) is 2.49. The molecule has 19 heavy (non-hydrogen) atoms. The zero-order valence-corrected chi connectivity index (χ0v) is 12.5. The fourth-order valence-electron chi connectivity index (χ4n) is 2.49. The molecule has 0 spiro atoms. The van der Waals surface area contributed by atoms with Crippen molar-refractivity contribution in [3.63, 3.8) is 0 Å². The van der Waals surface area contributed by atoms with E-state index in [-0.39, 0.29) is 0 Å². The van der Waals surface area contributed by atoms with E-state index >= 15 is 0 Å². The number of rotatable bonds is 6. The smallest absolute Gasteiger partial charge is 0.285 e. The topological polar surface area (TPSA) is 19.9 Å². The van der Waals surface area contributed by atoms with Crippen molar-refractivity contribution < 1.29 is 4.80 Å². The van der Waals surface area contributed by atoms with Crippen molar-refractivity contribution in [2.45, 2.75) is 32.2 Å². The molecule has 0 bridgehead atoms. The summed E-state index contributed by atoms with van der Waals surface area (Å²) in [4.78, 5) is 13.5. The van der Waals surface area contributed by atoms with E-state index in [1.807, 2.05) is 60.7 Å². The first kappa shape index (κ1) is 14.0. The minimum absolute atomic E-state index is 0.800. The van der Waals surface area contributed by atoms with E-state index in [2.05, 4.69) is 6.92 Å². The van der Waals surface area contributed by atoms with Gasteiger partial charge in [-0.1, -0.05) is 86.8 Å². The molecule has 0 N–H and O–H groups in total. The van der Waals surface area contributed by atoms with Crippen LogP contribution in [0.1, 0.15) is 26.2 Å². The Morgan fingerprint density at radius 3 is 1.68 bits per heavy atom. The van der Waals surface area contributed by atoms with Crippen LogP contribution in [-0.4, -0.2) is 8.32 Å². The van der Waals surface area contributed by atoms with E-state index in [1.54, 1.807) is 0 Å². The second-order valence-electron chi connectivity index (χ2n) is 5.02. The van der Waals surface area contributed by atoms with Gasteiger partial charge in [0.05, 0.1) is 0 Å². The molecule has 2 rings (SSSR count). The minimum atomic E-state index is -2.79. The molecule has 0 unspecified atom stereocenters. The maximum Gasteiger partial charge on any atom is 0.298 e. The Kier molecular flexibility index (Phi) is 4.94. The summed E-state index contributed by atoms with van der Waals surface area (Å²) in [6.07, 6.45) is 3.35. The molecule has 99 valence electrons. The first-order valence-electron chi connectivity index (χ1n) is 7.09. The molecule has 1 nitrogen and oxygen atoms in total. The molecule has 0 atom stereocenters. The summed E-state index contributed by atoms with van der Waals surface area (Å²) in [5.41, 5.74) is 0. The lowest BCUT2D eigenvalue weighted by Gasteiger charge is -2.23. The van der Waals surface area contributed by atoms with Gasteiger partial charge in [-0.05, 0) is 16.4 Å². The fraction of sp³-hybridized carbons (Fsp3) is 0.294. The summed E-state index contributed by atoms with van der Waals surface area (Å²) in [6.45, 7) is 2.18. The molecular weight excluding hydrogens is 248 g/mol. The monoisotopic (exact) mass is 269 g/mol. The third-order valence-corrected chi connectivity index (χ3v) is 7.20. The van der Waals surface area contributed by atoms with Gasteiger partial charge in [0.25, 0.3) is 8.32 Å². The lowest BCUT2D eigenvalue weighted by Crippen LogP contribution is -2.57. The third-order valence-electron chi connectivity index (χ3n) is 3.61. The van der Waals surface area contributed by atoms with Gasteiger partial charge in [-0.25, -0.2) is 0 Å². The maximum atomic E-state index is 13.5. The SMILES string of the molecule is CCCCC[Si]([O])(c1ccccc1)c1ccccc1. The molecular formula is C17H21OSi. The normalized spacial score (nSPS) is 11.5. The fourth-order valence-corrected chi connectivity index (χ4v) is 5.61. The second-order valence-corrected chi connectivity index (χ2v) is 8.32. The van der Waals surface area contributed by atoms with Crippen molar-refractivity contribution in [3.8, 4) is 0 Å². The van der Waals surface area contributed by atoms with Crippen LogP contribution in [0.25, 0.3) is 0 Å². The number of hydrogen-bond acceptors (Lipinski definition) is 0. The van der Waals surface area contributed by atoms with E-state index in [4.69, 9.17) is 0 Å². The highest BCUT2D eigenvalue weighted by molar-refractivity contribution is 6.96. The Labute approximate surface area is 117 Å². The summed E-state index contributed by atoms with van der Waals surface area (Å²) in [5.74, 6) is 0. The zero-order valence-electron chi connectivity index (χ0n) is 11.5. The summed E-state index contributed by atoms with van der Waals surface area (Å²) >= 11 is 0. The molecule has 0 amide bonds. The van der Waals surface area contributed by atoms with Gasteiger partial charge in [-0.15, -0.1) is 0 Å². The van der Waals surface area contributed by atoms with E-state index in [9.17, 15) is 4.80 Å². The Hall–Kier alpha value is -1.38. The summed E-state index contributed by atoms with van der Waals surface area (Å²) in [7, 11) is -2.79. The molecule has 2 heteroatoms. The van der Waals surface area contributed by atoms with E-state index in [1.165, 1.54) is 0 Å². The van der Waals surface area contributed by atoms with Gasteiger partial charge in [0.1, 0.15) is 0 Å². The Morgan fingerprint density at radius 1 is 0.789 bits per heavy atom. The molecule has 0 aliphatic carbocycles. The van der Waals surface area contributed by atoms with Gasteiger partial charge in [0.15, 0.2) is 0 Å². The first-order chi connectivity index (χ1) is 9.27. The van der Waals surface area contributed by atoms with E-state index in [0.29, 0.717) is 0 Å². The van der Waals surface area contributed by atoms with Crippen molar-refractivity contribution in [1.29, 1.82) is 0 Å². The maximum absolute atomic E-state index is 13.5. The van der Waals surface area contributed by atoms with Crippen LogP contribution in [0.4, 0.5) is 0 Å². The van der Waals surface area contributed by atoms with Crippen molar-refractivity contribution in [3.05, 3.63) is 60.7 Å². The summed E-state index contributed by atoms with van der Waals surface area (Å²) in [6, 6.07) is 20.7. The third kappa shape index (κ3) is 3.34. The van der Waals surface area contributed by atoms with E-state index in [0.717, 1.165) is 35.7 Å². The Morgan fingerprint density at radius 2 is 1.26 bits per heavy atom. The lowest BCUT2D eigenvalue weighted by molar-refractivity contribution is 0.438. The van der Waals surface area contributed by atoms with Gasteiger partial charge in [-0.2, -0.15) is 0 Å². The molecule has 0 aliphatic rings. The Balaban J connectivity index is 2.33. The van der Waals surface area contributed by atoms with Crippen LogP contribution in [0.5, 0.6) is 0 Å². The number of unbranched alkanes of at least 4 members (excludes halogenated alkanes) is 2. The van der Waals surface area contributed by atoms with Crippen LogP contribution < -0.4 is 10.4 Å². The molecule has 2 aromatic carbocycles. The van der Waals surface area contributed by atoms with Crippen LogP contribution in [0, 0.1) is 0 Å². The average molecular weight is 269 g/mol. The predicted molar refractivity (Wildman–Crippen MR) is 82.9 cm³/mol. The van der Waals surface area contributed by atoms with Gasteiger partial charge in [0.2, 0.25) is 0 Å². The number of benzene rings is 2.